The number of aryl methyl sites for hydroxylation is 1. The number of rotatable bonds is 8. The van der Waals surface area contributed by atoms with Crippen molar-refractivity contribution < 1.29 is 44.7 Å². The van der Waals surface area contributed by atoms with Gasteiger partial charge in [0.15, 0.2) is 23.8 Å². The van der Waals surface area contributed by atoms with E-state index in [1.54, 1.807) is 24.5 Å². The first-order valence-electron chi connectivity index (χ1n) is 13.0. The van der Waals surface area contributed by atoms with E-state index < -0.39 is 43.3 Å². The lowest BCUT2D eigenvalue weighted by Crippen LogP contribution is -2.39. The van der Waals surface area contributed by atoms with Crippen LogP contribution >= 0.6 is 23.1 Å². The molecule has 3 unspecified atom stereocenters. The maximum atomic E-state index is 13.1. The van der Waals surface area contributed by atoms with Gasteiger partial charge in [-0.1, -0.05) is 11.3 Å². The minimum absolute atomic E-state index is 0.00806. The number of nitrogens with one attached hydrogen (secondary N) is 1. The molecule has 2 aromatic heterocycles. The fourth-order valence-electron chi connectivity index (χ4n) is 5.34. The first-order valence-corrected chi connectivity index (χ1v) is 18.0. The topological polar surface area (TPSA) is 164 Å². The smallest absolute Gasteiger partial charge is 0.338 e. The second-order valence-corrected chi connectivity index (χ2v) is 16.2. The molecule has 43 heavy (non-hydrogen) atoms. The number of amides is 1. The molecule has 2 aliphatic heterocycles. The molecule has 4 heterocycles. The zero-order chi connectivity index (χ0) is 30.9. The zero-order valence-electron chi connectivity index (χ0n) is 23.1. The Balaban J connectivity index is 1.49. The summed E-state index contributed by atoms with van der Waals surface area (Å²) in [6, 6.07) is 9.95. The quantitative estimate of drug-likeness (QED) is 0.0974. The lowest BCUT2D eigenvalue weighted by molar-refractivity contribution is -0.669. The number of hydrogen-bond acceptors (Lipinski definition) is 11. The Morgan fingerprint density at radius 2 is 2.00 bits per heavy atom. The Kier molecular flexibility index (Phi) is 7.21. The highest BCUT2D eigenvalue weighted by molar-refractivity contribution is 8.03. The summed E-state index contributed by atoms with van der Waals surface area (Å²) >= 11 is 2.83. The molecule has 226 valence electrons. The number of nitrogens with zero attached hydrogens (tertiary/aromatic N) is 2. The predicted molar refractivity (Wildman–Crippen MR) is 161 cm³/mol. The second-order valence-electron chi connectivity index (χ2n) is 10.5. The Hall–Kier alpha value is -3.28. The lowest BCUT2D eigenvalue weighted by atomic mass is 10.2. The number of aromatic nitrogens is 1. The van der Waals surface area contributed by atoms with Gasteiger partial charge in [0.1, 0.15) is 10.3 Å². The molecule has 1 saturated heterocycles. The third-order valence-corrected chi connectivity index (χ3v) is 11.8. The Labute approximate surface area is 255 Å². The van der Waals surface area contributed by atoms with Crippen molar-refractivity contribution in [2.45, 2.75) is 36.1 Å². The van der Waals surface area contributed by atoms with E-state index in [1.165, 1.54) is 37.1 Å². The van der Waals surface area contributed by atoms with Crippen molar-refractivity contribution in [3.8, 4) is 0 Å². The van der Waals surface area contributed by atoms with E-state index in [9.17, 15) is 31.0 Å². The Morgan fingerprint density at radius 1 is 1.23 bits per heavy atom. The number of carbonyl (C=O) groups is 2. The third-order valence-electron chi connectivity index (χ3n) is 7.67. The highest BCUT2D eigenvalue weighted by Crippen LogP contribution is 2.60. The van der Waals surface area contributed by atoms with Gasteiger partial charge in [-0.05, 0) is 36.9 Å². The molecule has 0 radical (unpaired) electrons. The van der Waals surface area contributed by atoms with E-state index in [-0.39, 0.29) is 24.0 Å². The van der Waals surface area contributed by atoms with Crippen molar-refractivity contribution in [3.05, 3.63) is 58.3 Å². The van der Waals surface area contributed by atoms with Gasteiger partial charge in [-0.2, -0.15) is 4.57 Å². The first-order chi connectivity index (χ1) is 20.2. The number of hydrogen-bond donors (Lipinski definition) is 1. The summed E-state index contributed by atoms with van der Waals surface area (Å²) in [7, 11) is -7.03. The van der Waals surface area contributed by atoms with E-state index in [1.807, 2.05) is 28.8 Å². The van der Waals surface area contributed by atoms with Crippen LogP contribution in [-0.4, -0.2) is 64.5 Å². The molecule has 1 spiro atoms. The van der Waals surface area contributed by atoms with Gasteiger partial charge in [-0.15, -0.1) is 0 Å². The number of sulfonamides is 1. The standard InChI is InChI=1S/C27H25N3O9S4/c1-15(43(35,36)37)6-8-29-18-10-16-7-9-39-21(16)12-23(18)40-24(29)13-25-30(14-20(30)26(31)28-42(3,33)34)19-11-17(27(32)38-2)4-5-22(19)41-25/h4-5,7,9-13,15,20H,6,8,14H2,1-3H3/p+1. The van der Waals surface area contributed by atoms with Crippen molar-refractivity contribution >= 4 is 88.1 Å². The number of thioether (sulfide) groups is 1. The van der Waals surface area contributed by atoms with Crippen LogP contribution in [0.4, 0.5) is 5.69 Å². The largest absolute Gasteiger partial charge is 0.748 e. The van der Waals surface area contributed by atoms with Crippen LogP contribution in [0.1, 0.15) is 28.7 Å². The Bertz CT molecular complexity index is 2080. The number of fused-ring (bicyclic) bond motifs is 4. The van der Waals surface area contributed by atoms with Crippen molar-refractivity contribution in [2.75, 3.05) is 19.9 Å². The average molecular weight is 665 g/mol. The number of quaternary nitrogens is 1. The van der Waals surface area contributed by atoms with E-state index >= 15 is 0 Å². The SMILES string of the molecule is COC(=O)c1ccc2c(c1)[N+]1(CC1C(=O)NS(C)(=O)=O)C(=Cc1sc3cc4occc4cc3[n+]1CCC(C)S(=O)(=O)[O-])S2. The van der Waals surface area contributed by atoms with E-state index in [0.29, 0.717) is 16.8 Å². The maximum Gasteiger partial charge on any atom is 0.338 e. The van der Waals surface area contributed by atoms with Crippen molar-refractivity contribution in [1.29, 1.82) is 0 Å². The fourth-order valence-corrected chi connectivity index (χ4v) is 8.77. The van der Waals surface area contributed by atoms with Gasteiger partial charge in [0.05, 0.1) is 51.5 Å². The molecule has 0 saturated carbocycles. The number of esters is 1. The monoisotopic (exact) mass is 664 g/mol. The first kappa shape index (κ1) is 29.8. The predicted octanol–water partition coefficient (Wildman–Crippen LogP) is 2.92. The molecule has 6 rings (SSSR count). The fraction of sp³-hybridized carbons (Fsp3) is 0.296. The highest BCUT2D eigenvalue weighted by Gasteiger charge is 2.68. The second kappa shape index (κ2) is 10.4. The molecule has 2 aromatic carbocycles. The Morgan fingerprint density at radius 3 is 2.70 bits per heavy atom. The van der Waals surface area contributed by atoms with Crippen molar-refractivity contribution in [1.82, 2.24) is 9.21 Å². The van der Waals surface area contributed by atoms with Crippen LogP contribution in [0, 0.1) is 0 Å². The normalized spacial score (nSPS) is 21.4. The van der Waals surface area contributed by atoms with E-state index in [4.69, 9.17) is 9.15 Å². The molecule has 1 N–H and O–H groups in total. The van der Waals surface area contributed by atoms with Gasteiger partial charge in [-0.3, -0.25) is 4.79 Å². The highest BCUT2D eigenvalue weighted by atomic mass is 32.2. The van der Waals surface area contributed by atoms with Gasteiger partial charge in [0, 0.05) is 30.0 Å². The van der Waals surface area contributed by atoms with Crippen LogP contribution in [0.5, 0.6) is 0 Å². The molecule has 16 heteroatoms. The number of carbonyl (C=O) groups excluding carboxylic acids is 2. The number of ether oxygens (including phenoxy) is 1. The molecular weight excluding hydrogens is 639 g/mol. The third kappa shape index (κ3) is 5.36. The molecule has 12 nitrogen and oxygen atoms in total. The number of furan rings is 1. The molecular formula is C27H26N3O9S4+. The van der Waals surface area contributed by atoms with Gasteiger partial charge >= 0.3 is 5.97 Å². The molecule has 1 amide bonds. The summed E-state index contributed by atoms with van der Waals surface area (Å²) in [6.07, 6.45) is 4.48. The van der Waals surface area contributed by atoms with Gasteiger partial charge in [-0.25, -0.2) is 30.8 Å². The molecule has 0 aliphatic carbocycles. The number of thiazole rings is 1. The summed E-state index contributed by atoms with van der Waals surface area (Å²) in [5.74, 6) is -1.21. The van der Waals surface area contributed by atoms with Gasteiger partial charge < -0.3 is 13.7 Å². The summed E-state index contributed by atoms with van der Waals surface area (Å²) in [4.78, 5) is 26.3. The van der Waals surface area contributed by atoms with E-state index in [2.05, 4.69) is 4.72 Å². The van der Waals surface area contributed by atoms with Crippen LogP contribution in [0.3, 0.4) is 0 Å². The molecule has 1 fully saturated rings. The number of benzene rings is 2. The van der Waals surface area contributed by atoms with Crippen LogP contribution < -0.4 is 13.8 Å². The molecule has 4 aromatic rings. The summed E-state index contributed by atoms with van der Waals surface area (Å²) in [5, 5.41) is 1.20. The minimum Gasteiger partial charge on any atom is -0.748 e. The van der Waals surface area contributed by atoms with Crippen LogP contribution in [-0.2, 0) is 36.2 Å². The maximum absolute atomic E-state index is 13.1. The van der Waals surface area contributed by atoms with E-state index in [0.717, 1.165) is 36.8 Å². The summed E-state index contributed by atoms with van der Waals surface area (Å²) in [5.41, 5.74) is 2.46. The molecule has 0 bridgehead atoms. The molecule has 3 atom stereocenters. The summed E-state index contributed by atoms with van der Waals surface area (Å²) < 4.78 is 74.2. The van der Waals surface area contributed by atoms with Gasteiger partial charge in [0.2, 0.25) is 21.6 Å². The van der Waals surface area contributed by atoms with Crippen molar-refractivity contribution in [3.63, 3.8) is 0 Å². The minimum atomic E-state index is -4.49. The van der Waals surface area contributed by atoms with Crippen LogP contribution in [0.25, 0.3) is 27.3 Å². The van der Waals surface area contributed by atoms with Crippen LogP contribution in [0.2, 0.25) is 0 Å². The molecule has 2 aliphatic rings. The van der Waals surface area contributed by atoms with Crippen molar-refractivity contribution in [2.24, 2.45) is 0 Å². The number of methoxy groups -OCH3 is 1. The zero-order valence-corrected chi connectivity index (χ0v) is 26.4. The van der Waals surface area contributed by atoms with Gasteiger partial charge in [0.25, 0.3) is 10.9 Å². The van der Waals surface area contributed by atoms with Crippen LogP contribution in [0.15, 0.2) is 57.0 Å². The lowest BCUT2D eigenvalue weighted by Gasteiger charge is -2.15. The summed E-state index contributed by atoms with van der Waals surface area (Å²) in [6.45, 7) is 1.88. The average Bonchev–Trinajstić information content (AvgIpc) is 3.19.